The second-order valence-corrected chi connectivity index (χ2v) is 4.32. The monoisotopic (exact) mass is 206 g/mol. The molecule has 0 fully saturated rings. The van der Waals surface area contributed by atoms with Gasteiger partial charge >= 0.3 is 0 Å². The molecule has 0 spiro atoms. The van der Waals surface area contributed by atoms with Crippen LogP contribution in [0.5, 0.6) is 0 Å². The first-order valence-corrected chi connectivity index (χ1v) is 6.09. The van der Waals surface area contributed by atoms with Gasteiger partial charge in [0, 0.05) is 0 Å². The SMILES string of the molecule is C=CCC(=CC)CCCCCC=C(C)C. The molecule has 0 saturated heterocycles. The Bertz CT molecular complexity index is 214. The van der Waals surface area contributed by atoms with Crippen LogP contribution in [-0.2, 0) is 0 Å². The highest BCUT2D eigenvalue weighted by molar-refractivity contribution is 5.04. The smallest absolute Gasteiger partial charge is 0.0142 e. The molecule has 0 bridgehead atoms. The Morgan fingerprint density at radius 2 is 1.87 bits per heavy atom. The highest BCUT2D eigenvalue weighted by Gasteiger charge is 1.94. The average molecular weight is 206 g/mol. The van der Waals surface area contributed by atoms with Gasteiger partial charge in [-0.1, -0.05) is 35.8 Å². The second kappa shape index (κ2) is 9.76. The summed E-state index contributed by atoms with van der Waals surface area (Å²) in [6.45, 7) is 10.2. The van der Waals surface area contributed by atoms with Crippen LogP contribution in [0.2, 0.25) is 0 Å². The second-order valence-electron chi connectivity index (χ2n) is 4.32. The van der Waals surface area contributed by atoms with Crippen molar-refractivity contribution < 1.29 is 0 Å². The van der Waals surface area contributed by atoms with Crippen molar-refractivity contribution in [2.45, 2.75) is 59.3 Å². The Morgan fingerprint density at radius 3 is 2.40 bits per heavy atom. The molecule has 0 N–H and O–H groups in total. The summed E-state index contributed by atoms with van der Waals surface area (Å²) in [5.74, 6) is 0. The molecule has 15 heavy (non-hydrogen) atoms. The fraction of sp³-hybridized carbons (Fsp3) is 0.600. The van der Waals surface area contributed by atoms with Crippen LogP contribution in [0, 0.1) is 0 Å². The molecule has 0 aliphatic carbocycles. The first-order chi connectivity index (χ1) is 7.20. The molecule has 0 saturated carbocycles. The fourth-order valence-corrected chi connectivity index (χ4v) is 1.61. The number of hydrogen-bond donors (Lipinski definition) is 0. The Hall–Kier alpha value is -0.780. The van der Waals surface area contributed by atoms with Crippen molar-refractivity contribution in [3.63, 3.8) is 0 Å². The average Bonchev–Trinajstić information content (AvgIpc) is 2.21. The molecule has 0 atom stereocenters. The maximum Gasteiger partial charge on any atom is -0.0142 e. The summed E-state index contributed by atoms with van der Waals surface area (Å²) in [5, 5.41) is 0. The molecule has 0 amide bonds. The van der Waals surface area contributed by atoms with Gasteiger partial charge < -0.3 is 0 Å². The van der Waals surface area contributed by atoms with Crippen molar-refractivity contribution in [2.24, 2.45) is 0 Å². The van der Waals surface area contributed by atoms with Crippen molar-refractivity contribution >= 4 is 0 Å². The standard InChI is InChI=1S/C15H26/c1-5-11-15(6-2)13-10-8-7-9-12-14(3)4/h5-6,12H,1,7-11,13H2,2-4H3. The molecule has 0 unspecified atom stereocenters. The van der Waals surface area contributed by atoms with Crippen molar-refractivity contribution in [2.75, 3.05) is 0 Å². The molecule has 0 aromatic carbocycles. The molecule has 0 heteroatoms. The lowest BCUT2D eigenvalue weighted by Crippen LogP contribution is -1.83. The van der Waals surface area contributed by atoms with Crippen LogP contribution in [0.1, 0.15) is 59.3 Å². The van der Waals surface area contributed by atoms with Crippen LogP contribution >= 0.6 is 0 Å². The summed E-state index contributed by atoms with van der Waals surface area (Å²) in [7, 11) is 0. The highest BCUT2D eigenvalue weighted by atomic mass is 14.0. The van der Waals surface area contributed by atoms with Crippen LogP contribution in [0.4, 0.5) is 0 Å². The van der Waals surface area contributed by atoms with Crippen LogP contribution < -0.4 is 0 Å². The lowest BCUT2D eigenvalue weighted by atomic mass is 10.0. The highest BCUT2D eigenvalue weighted by Crippen LogP contribution is 2.14. The third-order valence-electron chi connectivity index (χ3n) is 2.57. The number of allylic oxidation sites excluding steroid dienone is 5. The van der Waals surface area contributed by atoms with E-state index < -0.39 is 0 Å². The molecule has 0 aliphatic rings. The van der Waals surface area contributed by atoms with Gasteiger partial charge in [0.2, 0.25) is 0 Å². The van der Waals surface area contributed by atoms with Crippen LogP contribution in [0.3, 0.4) is 0 Å². The Kier molecular flexibility index (Phi) is 9.26. The van der Waals surface area contributed by atoms with Crippen molar-refractivity contribution in [1.29, 1.82) is 0 Å². The van der Waals surface area contributed by atoms with Crippen molar-refractivity contribution in [1.82, 2.24) is 0 Å². The van der Waals surface area contributed by atoms with Gasteiger partial charge in [0.1, 0.15) is 0 Å². The summed E-state index contributed by atoms with van der Waals surface area (Å²) in [6.07, 6.45) is 14.1. The van der Waals surface area contributed by atoms with Crippen molar-refractivity contribution in [3.05, 3.63) is 36.0 Å². The minimum absolute atomic E-state index is 1.06. The minimum atomic E-state index is 1.06. The summed E-state index contributed by atoms with van der Waals surface area (Å²) in [5.41, 5.74) is 2.98. The van der Waals surface area contributed by atoms with E-state index in [1.54, 1.807) is 0 Å². The van der Waals surface area contributed by atoms with Gasteiger partial charge in [-0.3, -0.25) is 0 Å². The van der Waals surface area contributed by atoms with E-state index in [9.17, 15) is 0 Å². The first kappa shape index (κ1) is 14.2. The van der Waals surface area contributed by atoms with Gasteiger partial charge in [-0.05, 0) is 52.9 Å². The summed E-state index contributed by atoms with van der Waals surface area (Å²) >= 11 is 0. The predicted octanol–water partition coefficient (Wildman–Crippen LogP) is 5.43. The number of unbranched alkanes of at least 4 members (excludes halogenated alkanes) is 3. The van der Waals surface area contributed by atoms with E-state index in [2.05, 4.69) is 39.5 Å². The zero-order chi connectivity index (χ0) is 11.5. The molecule has 0 aromatic rings. The molecule has 0 heterocycles. The van der Waals surface area contributed by atoms with Gasteiger partial charge in [0.15, 0.2) is 0 Å². The zero-order valence-electron chi connectivity index (χ0n) is 10.7. The van der Waals surface area contributed by atoms with Gasteiger partial charge in [-0.2, -0.15) is 0 Å². The van der Waals surface area contributed by atoms with Gasteiger partial charge in [0.05, 0.1) is 0 Å². The lowest BCUT2D eigenvalue weighted by Gasteiger charge is -2.03. The Morgan fingerprint density at radius 1 is 1.13 bits per heavy atom. The van der Waals surface area contributed by atoms with Crippen LogP contribution in [-0.4, -0.2) is 0 Å². The van der Waals surface area contributed by atoms with E-state index >= 15 is 0 Å². The first-order valence-electron chi connectivity index (χ1n) is 6.09. The van der Waals surface area contributed by atoms with Crippen LogP contribution in [0.15, 0.2) is 36.0 Å². The van der Waals surface area contributed by atoms with Gasteiger partial charge in [-0.15, -0.1) is 6.58 Å². The number of rotatable bonds is 8. The minimum Gasteiger partial charge on any atom is -0.103 e. The summed E-state index contributed by atoms with van der Waals surface area (Å²) < 4.78 is 0. The Labute approximate surface area is 95.8 Å². The van der Waals surface area contributed by atoms with Crippen molar-refractivity contribution in [3.8, 4) is 0 Å². The summed E-state index contributed by atoms with van der Waals surface area (Å²) in [6, 6.07) is 0. The molecular formula is C15H26. The fourth-order valence-electron chi connectivity index (χ4n) is 1.61. The van der Waals surface area contributed by atoms with E-state index in [0.29, 0.717) is 0 Å². The van der Waals surface area contributed by atoms with Crippen LogP contribution in [0.25, 0.3) is 0 Å². The quantitative estimate of drug-likeness (QED) is 0.367. The largest absolute Gasteiger partial charge is 0.103 e. The molecule has 0 rings (SSSR count). The van der Waals surface area contributed by atoms with E-state index in [1.807, 2.05) is 6.08 Å². The topological polar surface area (TPSA) is 0 Å². The molecule has 0 aromatic heterocycles. The van der Waals surface area contributed by atoms with E-state index in [0.717, 1.165) is 6.42 Å². The molecule has 0 radical (unpaired) electrons. The number of hydrogen-bond acceptors (Lipinski definition) is 0. The molecule has 0 nitrogen and oxygen atoms in total. The lowest BCUT2D eigenvalue weighted by molar-refractivity contribution is 0.677. The summed E-state index contributed by atoms with van der Waals surface area (Å²) in [4.78, 5) is 0. The van der Waals surface area contributed by atoms with Gasteiger partial charge in [0.25, 0.3) is 0 Å². The molecule has 0 aliphatic heterocycles. The Balaban J connectivity index is 3.45. The van der Waals surface area contributed by atoms with E-state index in [-0.39, 0.29) is 0 Å². The predicted molar refractivity (Wildman–Crippen MR) is 71.1 cm³/mol. The third-order valence-corrected chi connectivity index (χ3v) is 2.57. The normalized spacial score (nSPS) is 11.3. The molecular weight excluding hydrogens is 180 g/mol. The molecule has 86 valence electrons. The third kappa shape index (κ3) is 9.52. The van der Waals surface area contributed by atoms with Gasteiger partial charge in [-0.25, -0.2) is 0 Å². The maximum absolute atomic E-state index is 3.78. The zero-order valence-corrected chi connectivity index (χ0v) is 10.7. The van der Waals surface area contributed by atoms with E-state index in [1.165, 1.54) is 43.3 Å². The van der Waals surface area contributed by atoms with E-state index in [4.69, 9.17) is 0 Å². The maximum atomic E-state index is 3.78.